The molecule has 1 aromatic carbocycles. The third kappa shape index (κ3) is 1.93. The van der Waals surface area contributed by atoms with Crippen LogP contribution >= 0.6 is 0 Å². The topological polar surface area (TPSA) is 24.5 Å². The molecule has 0 amide bonds. The summed E-state index contributed by atoms with van der Waals surface area (Å²) in [5.41, 5.74) is 3.32. The minimum absolute atomic E-state index is 0.303. The van der Waals surface area contributed by atoms with Crippen LogP contribution in [0.5, 0.6) is 5.75 Å². The first-order valence-electron chi connectivity index (χ1n) is 4.53. The second-order valence-corrected chi connectivity index (χ2v) is 3.02. The fraction of sp³-hybridized carbons (Fsp3) is 0.0909. The molecule has 1 N–H and O–H groups in total. The highest BCUT2D eigenvalue weighted by Crippen LogP contribution is 2.24. The van der Waals surface area contributed by atoms with Gasteiger partial charge in [-0.15, -0.1) is 0 Å². The van der Waals surface area contributed by atoms with Crippen LogP contribution in [0.25, 0.3) is 0 Å². The quantitative estimate of drug-likeness (QED) is 0.802. The Balaban J connectivity index is 2.33. The predicted molar refractivity (Wildman–Crippen MR) is 56.8 cm³/mol. The zero-order valence-corrected chi connectivity index (χ0v) is 8.27. The smallest absolute Gasteiger partial charge is 0.149 e. The summed E-state index contributed by atoms with van der Waals surface area (Å²) in [6.07, 6.45) is 7.10. The molecule has 4 heteroatoms. The van der Waals surface area contributed by atoms with E-state index in [0.29, 0.717) is 11.4 Å². The van der Waals surface area contributed by atoms with Crippen LogP contribution in [-0.4, -0.2) is 7.11 Å². The number of anilines is 1. The lowest BCUT2D eigenvalue weighted by atomic mass is 10.2. The summed E-state index contributed by atoms with van der Waals surface area (Å²) in [4.78, 5) is 0. The van der Waals surface area contributed by atoms with Crippen molar-refractivity contribution in [2.75, 3.05) is 12.1 Å². The molecule has 0 fully saturated rings. The van der Waals surface area contributed by atoms with Crippen LogP contribution < -0.4 is 15.2 Å². The van der Waals surface area contributed by atoms with Gasteiger partial charge in [0.1, 0.15) is 17.3 Å². The van der Waals surface area contributed by atoms with E-state index in [1.54, 1.807) is 36.7 Å². The molecule has 1 aliphatic rings. The minimum atomic E-state index is -0.303. The molecule has 1 aromatic rings. The number of nitrogens with one attached hydrogen (secondary N) is 1. The van der Waals surface area contributed by atoms with E-state index in [9.17, 15) is 4.39 Å². The summed E-state index contributed by atoms with van der Waals surface area (Å²) in [6.45, 7) is 0. The van der Waals surface area contributed by atoms with Gasteiger partial charge >= 0.3 is 0 Å². The third-order valence-electron chi connectivity index (χ3n) is 2.07. The van der Waals surface area contributed by atoms with Crippen LogP contribution in [0.1, 0.15) is 0 Å². The largest absolute Gasteiger partial charge is 0.497 e. The average molecular weight is 206 g/mol. The van der Waals surface area contributed by atoms with Crippen LogP contribution in [0.4, 0.5) is 10.1 Å². The van der Waals surface area contributed by atoms with Gasteiger partial charge in [0.25, 0.3) is 0 Å². The number of allylic oxidation sites excluding steroid dienone is 2. The van der Waals surface area contributed by atoms with E-state index < -0.39 is 0 Å². The average Bonchev–Trinajstić information content (AvgIpc) is 2.31. The molecule has 2 rings (SSSR count). The van der Waals surface area contributed by atoms with Gasteiger partial charge in [-0.25, -0.2) is 4.39 Å². The number of benzene rings is 1. The van der Waals surface area contributed by atoms with E-state index >= 15 is 0 Å². The number of methoxy groups -OCH3 is 1. The summed E-state index contributed by atoms with van der Waals surface area (Å²) in [5, 5.41) is 1.58. The van der Waals surface area contributed by atoms with Crippen molar-refractivity contribution in [3.05, 3.63) is 48.6 Å². The Kier molecular flexibility index (Phi) is 2.58. The maximum Gasteiger partial charge on any atom is 0.149 e. The highest BCUT2D eigenvalue weighted by atomic mass is 19.1. The molecule has 0 saturated heterocycles. The Morgan fingerprint density at radius 1 is 1.33 bits per heavy atom. The number of hydrogen-bond donors (Lipinski definition) is 1. The lowest BCUT2D eigenvalue weighted by Gasteiger charge is -2.22. The summed E-state index contributed by atoms with van der Waals surface area (Å²) >= 11 is 0. The molecule has 0 unspecified atom stereocenters. The normalized spacial score (nSPS) is 13.9. The number of ether oxygens (including phenoxy) is 1. The highest BCUT2D eigenvalue weighted by Gasteiger charge is 2.10. The van der Waals surface area contributed by atoms with Crippen molar-refractivity contribution in [2.24, 2.45) is 0 Å². The van der Waals surface area contributed by atoms with E-state index in [0.717, 1.165) is 0 Å². The van der Waals surface area contributed by atoms with E-state index in [1.165, 1.54) is 6.07 Å². The summed E-state index contributed by atoms with van der Waals surface area (Å²) in [5.74, 6) is 0.319. The molecule has 0 radical (unpaired) electrons. The zero-order chi connectivity index (χ0) is 10.7. The molecule has 0 bridgehead atoms. The summed E-state index contributed by atoms with van der Waals surface area (Å²) < 4.78 is 18.5. The number of nitrogens with zero attached hydrogens (tertiary/aromatic N) is 1. The van der Waals surface area contributed by atoms with Crippen molar-refractivity contribution in [2.45, 2.75) is 0 Å². The van der Waals surface area contributed by atoms with E-state index in [-0.39, 0.29) is 5.82 Å². The molecule has 0 aromatic heterocycles. The van der Waals surface area contributed by atoms with Crippen molar-refractivity contribution in [1.29, 1.82) is 0 Å². The first-order valence-corrected chi connectivity index (χ1v) is 4.53. The molecular weight excluding hydrogens is 195 g/mol. The van der Waals surface area contributed by atoms with Crippen molar-refractivity contribution in [3.8, 4) is 5.75 Å². The standard InChI is InChI=1S/C11H11FN2O/c1-15-9-4-5-10(12)11(8-9)14-7-3-2-6-13-14/h2-8,13H,1H3. The second kappa shape index (κ2) is 4.04. The molecule has 0 atom stereocenters. The lowest BCUT2D eigenvalue weighted by Crippen LogP contribution is -2.30. The van der Waals surface area contributed by atoms with Crippen molar-refractivity contribution >= 4 is 5.69 Å². The SMILES string of the molecule is COc1ccc(F)c(N2C=CC=CN2)c1. The number of rotatable bonds is 2. The van der Waals surface area contributed by atoms with Gasteiger partial charge in [0.15, 0.2) is 0 Å². The maximum absolute atomic E-state index is 13.5. The third-order valence-corrected chi connectivity index (χ3v) is 2.07. The molecule has 1 aliphatic heterocycles. The Morgan fingerprint density at radius 3 is 2.87 bits per heavy atom. The monoisotopic (exact) mass is 206 g/mol. The first-order chi connectivity index (χ1) is 7.31. The summed E-state index contributed by atoms with van der Waals surface area (Å²) in [6, 6.07) is 4.59. The fourth-order valence-electron chi connectivity index (χ4n) is 1.31. The Labute approximate surface area is 87.4 Å². The van der Waals surface area contributed by atoms with Gasteiger partial charge in [0, 0.05) is 18.5 Å². The first kappa shape index (κ1) is 9.58. The van der Waals surface area contributed by atoms with Crippen LogP contribution in [0.3, 0.4) is 0 Å². The number of hydrogen-bond acceptors (Lipinski definition) is 3. The molecule has 78 valence electrons. The Bertz CT molecular complexity index is 415. The van der Waals surface area contributed by atoms with Crippen molar-refractivity contribution in [1.82, 2.24) is 5.43 Å². The van der Waals surface area contributed by atoms with Gasteiger partial charge in [-0.2, -0.15) is 0 Å². The van der Waals surface area contributed by atoms with Gasteiger partial charge < -0.3 is 10.2 Å². The molecule has 0 aliphatic carbocycles. The van der Waals surface area contributed by atoms with Gasteiger partial charge in [-0.3, -0.25) is 5.01 Å². The van der Waals surface area contributed by atoms with Crippen LogP contribution in [0, 0.1) is 5.82 Å². The lowest BCUT2D eigenvalue weighted by molar-refractivity contribution is 0.413. The number of halogens is 1. The maximum atomic E-state index is 13.5. The van der Waals surface area contributed by atoms with E-state index in [1.807, 2.05) is 12.2 Å². The van der Waals surface area contributed by atoms with E-state index in [2.05, 4.69) is 5.43 Å². The Morgan fingerprint density at radius 2 is 2.20 bits per heavy atom. The molecule has 15 heavy (non-hydrogen) atoms. The van der Waals surface area contributed by atoms with E-state index in [4.69, 9.17) is 4.74 Å². The van der Waals surface area contributed by atoms with Gasteiger partial charge in [0.2, 0.25) is 0 Å². The molecule has 3 nitrogen and oxygen atoms in total. The predicted octanol–water partition coefficient (Wildman–Crippen LogP) is 2.19. The van der Waals surface area contributed by atoms with Gasteiger partial charge in [-0.05, 0) is 24.3 Å². The van der Waals surface area contributed by atoms with Crippen LogP contribution in [0.2, 0.25) is 0 Å². The fourth-order valence-corrected chi connectivity index (χ4v) is 1.31. The van der Waals surface area contributed by atoms with Gasteiger partial charge in [-0.1, -0.05) is 0 Å². The summed E-state index contributed by atoms with van der Waals surface area (Å²) in [7, 11) is 1.55. The van der Waals surface area contributed by atoms with Crippen molar-refractivity contribution < 1.29 is 9.13 Å². The number of hydrazine groups is 1. The molecule has 0 saturated carbocycles. The molecule has 1 heterocycles. The molecular formula is C11H11FN2O. The van der Waals surface area contributed by atoms with Gasteiger partial charge in [0.05, 0.1) is 7.11 Å². The second-order valence-electron chi connectivity index (χ2n) is 3.02. The van der Waals surface area contributed by atoms with Crippen molar-refractivity contribution in [3.63, 3.8) is 0 Å². The highest BCUT2D eigenvalue weighted by molar-refractivity contribution is 5.54. The van der Waals surface area contributed by atoms with Crippen LogP contribution in [-0.2, 0) is 0 Å². The van der Waals surface area contributed by atoms with Crippen LogP contribution in [0.15, 0.2) is 42.8 Å². The zero-order valence-electron chi connectivity index (χ0n) is 8.27. The molecule has 0 spiro atoms. The minimum Gasteiger partial charge on any atom is -0.497 e. The Hall–Kier alpha value is -1.97.